The van der Waals surface area contributed by atoms with Crippen LogP contribution in [0.25, 0.3) is 22.4 Å². The zero-order chi connectivity index (χ0) is 22.7. The van der Waals surface area contributed by atoms with Crippen molar-refractivity contribution in [1.29, 1.82) is 0 Å². The van der Waals surface area contributed by atoms with E-state index < -0.39 is 22.6 Å². The van der Waals surface area contributed by atoms with Crippen molar-refractivity contribution in [3.63, 3.8) is 0 Å². The van der Waals surface area contributed by atoms with Crippen LogP contribution in [0.1, 0.15) is 47.6 Å². The van der Waals surface area contributed by atoms with Crippen molar-refractivity contribution in [2.75, 3.05) is 0 Å². The Morgan fingerprint density at radius 1 is 0.750 bits per heavy atom. The second-order valence-corrected chi connectivity index (χ2v) is 11.0. The summed E-state index contributed by atoms with van der Waals surface area (Å²) in [5.41, 5.74) is 6.31. The first-order valence-electron chi connectivity index (χ1n) is 10.5. The minimum atomic E-state index is -0.949. The SMILES string of the molecule is CC(C)(O)c1c(C2C(c3ccccc3)=Cc3ccccc32)ccc2ccccc12.[Cl][Ti][Cl]. The van der Waals surface area contributed by atoms with Crippen molar-refractivity contribution in [3.05, 3.63) is 119 Å². The monoisotopic (exact) mass is 494 g/mol. The summed E-state index contributed by atoms with van der Waals surface area (Å²) in [6, 6.07) is 31.9. The summed E-state index contributed by atoms with van der Waals surface area (Å²) < 4.78 is 0. The first-order chi connectivity index (χ1) is 15.5. The molecule has 0 saturated carbocycles. The molecule has 1 unspecified atom stereocenters. The number of hydrogen-bond acceptors (Lipinski definition) is 1. The van der Waals surface area contributed by atoms with Crippen molar-refractivity contribution >= 4 is 41.0 Å². The van der Waals surface area contributed by atoms with E-state index in [1.165, 1.54) is 27.8 Å². The summed E-state index contributed by atoms with van der Waals surface area (Å²) in [4.78, 5) is 0. The van der Waals surface area contributed by atoms with Gasteiger partial charge in [0.05, 0.1) is 5.60 Å². The molecule has 0 bridgehead atoms. The van der Waals surface area contributed by atoms with Crippen LogP contribution in [0.15, 0.2) is 91.0 Å². The summed E-state index contributed by atoms with van der Waals surface area (Å²) >= 11 is -0.556. The molecule has 0 heterocycles. The third-order valence-electron chi connectivity index (χ3n) is 5.92. The van der Waals surface area contributed by atoms with Gasteiger partial charge < -0.3 is 5.11 Å². The van der Waals surface area contributed by atoms with Gasteiger partial charge in [0, 0.05) is 5.92 Å². The summed E-state index contributed by atoms with van der Waals surface area (Å²) in [6.07, 6.45) is 2.30. The number of aliphatic hydroxyl groups is 1. The average molecular weight is 495 g/mol. The summed E-state index contributed by atoms with van der Waals surface area (Å²) in [5, 5.41) is 13.5. The van der Waals surface area contributed by atoms with E-state index in [4.69, 9.17) is 18.6 Å². The molecule has 1 atom stereocenters. The molecule has 4 aromatic rings. The van der Waals surface area contributed by atoms with Crippen LogP contribution < -0.4 is 0 Å². The molecule has 5 rings (SSSR count). The van der Waals surface area contributed by atoms with Crippen LogP contribution in [-0.4, -0.2) is 5.11 Å². The Labute approximate surface area is 206 Å². The predicted molar refractivity (Wildman–Crippen MR) is 133 cm³/mol. The maximum absolute atomic E-state index is 11.2. The number of fused-ring (bicyclic) bond motifs is 2. The Morgan fingerprint density at radius 3 is 2.09 bits per heavy atom. The van der Waals surface area contributed by atoms with Gasteiger partial charge in [0.15, 0.2) is 0 Å². The van der Waals surface area contributed by atoms with Crippen LogP contribution in [0.3, 0.4) is 0 Å². The van der Waals surface area contributed by atoms with E-state index in [-0.39, 0.29) is 5.92 Å². The van der Waals surface area contributed by atoms with Crippen molar-refractivity contribution in [2.45, 2.75) is 25.4 Å². The minimum absolute atomic E-state index is 0.0969. The third kappa shape index (κ3) is 4.60. The molecule has 0 spiro atoms. The standard InChI is InChI=1S/C28H24O.2ClH.Ti/c1-28(2,29)27-23-15-9-6-12-20(23)16-17-24(27)26-22-14-8-7-13-21(22)18-25(26)19-10-4-3-5-11-19;;;/h3-18,26,29H,1-2H3;2*1H;/q;;;+2/p-2. The topological polar surface area (TPSA) is 20.2 Å². The molecule has 160 valence electrons. The van der Waals surface area contributed by atoms with E-state index in [0.29, 0.717) is 0 Å². The van der Waals surface area contributed by atoms with E-state index in [2.05, 4.69) is 97.1 Å². The van der Waals surface area contributed by atoms with Crippen LogP contribution in [0, 0.1) is 0 Å². The van der Waals surface area contributed by atoms with Gasteiger partial charge in [-0.2, -0.15) is 0 Å². The zero-order valence-corrected chi connectivity index (χ0v) is 21.1. The van der Waals surface area contributed by atoms with Gasteiger partial charge in [-0.1, -0.05) is 91.0 Å². The zero-order valence-electron chi connectivity index (χ0n) is 18.0. The van der Waals surface area contributed by atoms with E-state index in [9.17, 15) is 5.11 Å². The van der Waals surface area contributed by atoms with Crippen LogP contribution in [0.4, 0.5) is 0 Å². The fourth-order valence-corrected chi connectivity index (χ4v) is 4.75. The molecule has 1 aliphatic rings. The molecule has 0 amide bonds. The van der Waals surface area contributed by atoms with E-state index in [1.807, 2.05) is 13.8 Å². The van der Waals surface area contributed by atoms with Gasteiger partial charge in [-0.05, 0) is 64.1 Å². The average Bonchev–Trinajstić information content (AvgIpc) is 3.18. The van der Waals surface area contributed by atoms with Crippen LogP contribution in [0.5, 0.6) is 0 Å². The second kappa shape index (κ2) is 9.95. The molecule has 0 aliphatic heterocycles. The van der Waals surface area contributed by atoms with Gasteiger partial charge in [-0.25, -0.2) is 0 Å². The van der Waals surface area contributed by atoms with Gasteiger partial charge in [-0.3, -0.25) is 0 Å². The van der Waals surface area contributed by atoms with Crippen molar-refractivity contribution < 1.29 is 22.1 Å². The number of hydrogen-bond donors (Lipinski definition) is 1. The Morgan fingerprint density at radius 2 is 1.38 bits per heavy atom. The number of rotatable bonds is 3. The Balaban J connectivity index is 0.000000775. The number of benzene rings is 4. The van der Waals surface area contributed by atoms with Gasteiger partial charge >= 0.3 is 35.6 Å². The molecule has 4 aromatic carbocycles. The Hall–Kier alpha value is -1.87. The van der Waals surface area contributed by atoms with Crippen molar-refractivity contribution in [1.82, 2.24) is 0 Å². The first kappa shape index (κ1) is 23.3. The molecule has 0 radical (unpaired) electrons. The van der Waals surface area contributed by atoms with Gasteiger partial charge in [-0.15, -0.1) is 0 Å². The quantitative estimate of drug-likeness (QED) is 0.285. The number of allylic oxidation sites excluding steroid dienone is 1. The van der Waals surface area contributed by atoms with E-state index in [0.717, 1.165) is 16.3 Å². The van der Waals surface area contributed by atoms with Crippen LogP contribution in [-0.2, 0) is 22.6 Å². The summed E-state index contributed by atoms with van der Waals surface area (Å²) in [6.45, 7) is 3.79. The summed E-state index contributed by atoms with van der Waals surface area (Å²) in [5.74, 6) is 0.0969. The van der Waals surface area contributed by atoms with Gasteiger partial charge in [0.1, 0.15) is 0 Å². The van der Waals surface area contributed by atoms with Gasteiger partial charge in [0.25, 0.3) is 0 Å². The Kier molecular flexibility index (Phi) is 7.25. The van der Waals surface area contributed by atoms with Crippen molar-refractivity contribution in [2.24, 2.45) is 0 Å². The fraction of sp³-hybridized carbons (Fsp3) is 0.143. The normalized spacial score (nSPS) is 14.9. The van der Waals surface area contributed by atoms with E-state index >= 15 is 0 Å². The van der Waals surface area contributed by atoms with E-state index in [1.54, 1.807) is 0 Å². The molecule has 0 fully saturated rings. The predicted octanol–water partition coefficient (Wildman–Crippen LogP) is 8.13. The number of halogens is 2. The molecule has 0 saturated heterocycles. The molecular weight excluding hydrogens is 471 g/mol. The molecule has 0 aromatic heterocycles. The molecule has 1 N–H and O–H groups in total. The third-order valence-corrected chi connectivity index (χ3v) is 5.92. The van der Waals surface area contributed by atoms with Crippen LogP contribution >= 0.6 is 18.6 Å². The van der Waals surface area contributed by atoms with Crippen molar-refractivity contribution in [3.8, 4) is 0 Å². The first-order valence-corrected chi connectivity index (χ1v) is 14.8. The maximum atomic E-state index is 11.2. The van der Waals surface area contributed by atoms with Gasteiger partial charge in [0.2, 0.25) is 0 Å². The fourth-order valence-electron chi connectivity index (χ4n) is 4.75. The summed E-state index contributed by atoms with van der Waals surface area (Å²) in [7, 11) is 9.78. The molecule has 1 aliphatic carbocycles. The second-order valence-electron chi connectivity index (χ2n) is 8.41. The Bertz CT molecular complexity index is 1260. The molecule has 32 heavy (non-hydrogen) atoms. The molecular formula is C28H24Cl2OTi. The molecule has 1 nitrogen and oxygen atoms in total. The molecule has 4 heteroatoms. The van der Waals surface area contributed by atoms with Crippen LogP contribution in [0.2, 0.25) is 0 Å².